The molecule has 2 N–H and O–H groups in total. The number of hydrogen-bond donors (Lipinski definition) is 1. The molecule has 1 fully saturated rings. The topological polar surface area (TPSA) is 38.5 Å². The van der Waals surface area contributed by atoms with E-state index in [4.69, 9.17) is 10.5 Å². The van der Waals surface area contributed by atoms with Gasteiger partial charge in [-0.1, -0.05) is 26.2 Å². The average Bonchev–Trinajstić information content (AvgIpc) is 2.28. The zero-order chi connectivity index (χ0) is 12.9. The molecule has 0 spiro atoms. The summed E-state index contributed by atoms with van der Waals surface area (Å²) >= 11 is 0. The van der Waals surface area contributed by atoms with Crippen LogP contribution in [0.25, 0.3) is 0 Å². The summed E-state index contributed by atoms with van der Waals surface area (Å²) in [6.45, 7) is 12.5. The lowest BCUT2D eigenvalue weighted by atomic mass is 9.90. The summed E-state index contributed by atoms with van der Waals surface area (Å²) in [7, 11) is 0. The second-order valence-corrected chi connectivity index (χ2v) is 6.19. The van der Waals surface area contributed by atoms with Gasteiger partial charge in [0.15, 0.2) is 0 Å². The molecule has 1 aliphatic rings. The maximum atomic E-state index is 6.03. The zero-order valence-electron chi connectivity index (χ0n) is 12.1. The molecule has 3 heteroatoms. The van der Waals surface area contributed by atoms with Crippen LogP contribution in [0, 0.1) is 0 Å². The summed E-state index contributed by atoms with van der Waals surface area (Å²) < 4.78 is 5.78. The Labute approximate surface area is 107 Å². The average molecular weight is 242 g/mol. The second kappa shape index (κ2) is 6.17. The van der Waals surface area contributed by atoms with Gasteiger partial charge in [-0.3, -0.25) is 4.90 Å². The molecule has 0 radical (unpaired) electrons. The molecule has 0 bridgehead atoms. The lowest BCUT2D eigenvalue weighted by molar-refractivity contribution is -0.114. The van der Waals surface area contributed by atoms with Crippen LogP contribution in [0.3, 0.4) is 0 Å². The summed E-state index contributed by atoms with van der Waals surface area (Å²) in [6.07, 6.45) is 5.06. The van der Waals surface area contributed by atoms with Crippen LogP contribution in [-0.4, -0.2) is 42.3 Å². The molecule has 102 valence electrons. The Morgan fingerprint density at radius 3 is 2.59 bits per heavy atom. The third-order valence-corrected chi connectivity index (χ3v) is 3.95. The Hall–Kier alpha value is -0.120. The van der Waals surface area contributed by atoms with Crippen LogP contribution >= 0.6 is 0 Å². The first-order valence-corrected chi connectivity index (χ1v) is 7.02. The van der Waals surface area contributed by atoms with E-state index in [2.05, 4.69) is 32.6 Å². The summed E-state index contributed by atoms with van der Waals surface area (Å²) in [6, 6.07) is 0. The van der Waals surface area contributed by atoms with E-state index in [1.54, 1.807) is 0 Å². The van der Waals surface area contributed by atoms with Crippen LogP contribution in [0.1, 0.15) is 53.4 Å². The summed E-state index contributed by atoms with van der Waals surface area (Å²) in [5, 5.41) is 0. The Bertz CT molecular complexity index is 230. The van der Waals surface area contributed by atoms with Crippen LogP contribution in [0.4, 0.5) is 0 Å². The molecule has 3 nitrogen and oxygen atoms in total. The minimum Gasteiger partial charge on any atom is -0.373 e. The Balaban J connectivity index is 2.58. The number of ether oxygens (including phenoxy) is 1. The van der Waals surface area contributed by atoms with Crippen LogP contribution < -0.4 is 5.73 Å². The minimum atomic E-state index is -0.0283. The van der Waals surface area contributed by atoms with Gasteiger partial charge in [0.1, 0.15) is 0 Å². The van der Waals surface area contributed by atoms with E-state index in [1.807, 2.05) is 0 Å². The van der Waals surface area contributed by atoms with Crippen molar-refractivity contribution in [2.45, 2.75) is 64.5 Å². The van der Waals surface area contributed by atoms with Crippen molar-refractivity contribution in [1.82, 2.24) is 4.90 Å². The first-order valence-electron chi connectivity index (χ1n) is 7.02. The van der Waals surface area contributed by atoms with Gasteiger partial charge >= 0.3 is 0 Å². The van der Waals surface area contributed by atoms with Crippen molar-refractivity contribution in [3.63, 3.8) is 0 Å². The van der Waals surface area contributed by atoms with Gasteiger partial charge in [0, 0.05) is 25.2 Å². The van der Waals surface area contributed by atoms with Crippen molar-refractivity contribution < 1.29 is 4.74 Å². The molecule has 0 saturated carbocycles. The summed E-state index contributed by atoms with van der Waals surface area (Å²) in [4.78, 5) is 2.53. The Morgan fingerprint density at radius 2 is 2.06 bits per heavy atom. The largest absolute Gasteiger partial charge is 0.373 e. The van der Waals surface area contributed by atoms with Crippen LogP contribution in [0.2, 0.25) is 0 Å². The van der Waals surface area contributed by atoms with Crippen LogP contribution in [-0.2, 0) is 4.74 Å². The lowest BCUT2D eigenvalue weighted by Crippen LogP contribution is -2.60. The monoisotopic (exact) mass is 242 g/mol. The fraction of sp³-hybridized carbons (Fsp3) is 1.00. The van der Waals surface area contributed by atoms with E-state index in [0.717, 1.165) is 26.2 Å². The number of nitrogens with zero attached hydrogens (tertiary/aromatic N) is 1. The Kier molecular flexibility index (Phi) is 5.42. The predicted molar refractivity (Wildman–Crippen MR) is 73.2 cm³/mol. The highest BCUT2D eigenvalue weighted by Crippen LogP contribution is 2.27. The van der Waals surface area contributed by atoms with Gasteiger partial charge in [-0.15, -0.1) is 0 Å². The fourth-order valence-corrected chi connectivity index (χ4v) is 2.62. The van der Waals surface area contributed by atoms with Crippen molar-refractivity contribution in [1.29, 1.82) is 0 Å². The molecular weight excluding hydrogens is 212 g/mol. The molecule has 1 aliphatic heterocycles. The molecule has 0 aromatic heterocycles. The fourth-order valence-electron chi connectivity index (χ4n) is 2.62. The van der Waals surface area contributed by atoms with E-state index in [0.29, 0.717) is 0 Å². The second-order valence-electron chi connectivity index (χ2n) is 6.19. The molecule has 1 rings (SSSR count). The van der Waals surface area contributed by atoms with Gasteiger partial charge < -0.3 is 10.5 Å². The molecule has 0 amide bonds. The Morgan fingerprint density at radius 1 is 1.35 bits per heavy atom. The highest BCUT2D eigenvalue weighted by atomic mass is 16.5. The number of morpholine rings is 1. The molecule has 1 unspecified atom stereocenters. The van der Waals surface area contributed by atoms with E-state index < -0.39 is 0 Å². The van der Waals surface area contributed by atoms with Crippen molar-refractivity contribution in [3.8, 4) is 0 Å². The standard InChI is InChI=1S/C14H30N2O/c1-5-6-7-8-14(4,11-15)16-9-10-17-13(2,3)12-16/h5-12,15H2,1-4H3. The molecule has 1 saturated heterocycles. The molecule has 1 heterocycles. The highest BCUT2D eigenvalue weighted by molar-refractivity contribution is 4.92. The van der Waals surface area contributed by atoms with E-state index in [1.165, 1.54) is 25.7 Å². The van der Waals surface area contributed by atoms with Gasteiger partial charge in [0.25, 0.3) is 0 Å². The van der Waals surface area contributed by atoms with Crippen molar-refractivity contribution in [2.24, 2.45) is 5.73 Å². The van der Waals surface area contributed by atoms with Gasteiger partial charge in [-0.2, -0.15) is 0 Å². The van der Waals surface area contributed by atoms with Gasteiger partial charge in [0.05, 0.1) is 12.2 Å². The molecule has 0 aliphatic carbocycles. The summed E-state index contributed by atoms with van der Waals surface area (Å²) in [5.41, 5.74) is 6.15. The number of hydrogen-bond acceptors (Lipinski definition) is 3. The predicted octanol–water partition coefficient (Wildman–Crippen LogP) is 2.39. The molecule has 0 aromatic carbocycles. The molecule has 17 heavy (non-hydrogen) atoms. The molecule has 1 atom stereocenters. The van der Waals surface area contributed by atoms with E-state index in [-0.39, 0.29) is 11.1 Å². The molecule has 0 aromatic rings. The number of rotatable bonds is 6. The van der Waals surface area contributed by atoms with Gasteiger partial charge in [0.2, 0.25) is 0 Å². The van der Waals surface area contributed by atoms with Crippen molar-refractivity contribution >= 4 is 0 Å². The maximum Gasteiger partial charge on any atom is 0.0753 e. The van der Waals surface area contributed by atoms with Crippen LogP contribution in [0.5, 0.6) is 0 Å². The maximum absolute atomic E-state index is 6.03. The van der Waals surface area contributed by atoms with Gasteiger partial charge in [-0.05, 0) is 27.2 Å². The number of nitrogens with two attached hydrogens (primary N) is 1. The summed E-state index contributed by atoms with van der Waals surface area (Å²) in [5.74, 6) is 0. The SMILES string of the molecule is CCCCCC(C)(CN)N1CCOC(C)(C)C1. The zero-order valence-corrected chi connectivity index (χ0v) is 12.1. The first kappa shape index (κ1) is 14.9. The smallest absolute Gasteiger partial charge is 0.0753 e. The quantitative estimate of drug-likeness (QED) is 0.727. The molecular formula is C14H30N2O. The van der Waals surface area contributed by atoms with Crippen molar-refractivity contribution in [2.75, 3.05) is 26.2 Å². The third-order valence-electron chi connectivity index (χ3n) is 3.95. The third kappa shape index (κ3) is 4.23. The highest BCUT2D eigenvalue weighted by Gasteiger charge is 2.37. The van der Waals surface area contributed by atoms with E-state index in [9.17, 15) is 0 Å². The van der Waals surface area contributed by atoms with Crippen molar-refractivity contribution in [3.05, 3.63) is 0 Å². The van der Waals surface area contributed by atoms with Crippen LogP contribution in [0.15, 0.2) is 0 Å². The lowest BCUT2D eigenvalue weighted by Gasteiger charge is -2.48. The number of unbranched alkanes of at least 4 members (excludes halogenated alkanes) is 2. The van der Waals surface area contributed by atoms with Gasteiger partial charge in [-0.25, -0.2) is 0 Å². The van der Waals surface area contributed by atoms with E-state index >= 15 is 0 Å². The first-order chi connectivity index (χ1) is 7.93. The normalized spacial score (nSPS) is 24.5. The minimum absolute atomic E-state index is 0.0283.